The maximum Gasteiger partial charge on any atom is 0.326 e. The van der Waals surface area contributed by atoms with Gasteiger partial charge >= 0.3 is 5.97 Å². The molecule has 0 saturated heterocycles. The summed E-state index contributed by atoms with van der Waals surface area (Å²) in [6, 6.07) is 20.9. The molecular formula is C24H21N3O7. The number of benzene rings is 3. The number of nitrogens with zero attached hydrogens (tertiary/aromatic N) is 1. The lowest BCUT2D eigenvalue weighted by molar-refractivity contribution is -0.384. The quantitative estimate of drug-likeness (QED) is 0.280. The predicted octanol–water partition coefficient (Wildman–Crippen LogP) is 3.69. The number of nitro groups is 1. The third-order valence-corrected chi connectivity index (χ3v) is 4.49. The summed E-state index contributed by atoms with van der Waals surface area (Å²) in [6.07, 6.45) is -1.12. The minimum atomic E-state index is -1.12. The molecule has 2 N–H and O–H groups in total. The normalized spacial score (nSPS) is 11.1. The number of para-hydroxylation sites is 1. The van der Waals surface area contributed by atoms with Gasteiger partial charge < -0.3 is 20.1 Å². The molecule has 0 aromatic heterocycles. The number of anilines is 1. The zero-order valence-corrected chi connectivity index (χ0v) is 18.1. The van der Waals surface area contributed by atoms with Crippen molar-refractivity contribution in [2.75, 3.05) is 11.9 Å². The molecule has 10 nitrogen and oxygen atoms in total. The Bertz CT molecular complexity index is 1180. The maximum atomic E-state index is 12.3. The summed E-state index contributed by atoms with van der Waals surface area (Å²) in [5.74, 6) is -0.820. The standard InChI is InChI=1S/C24H21N3O7/c1-16(33-22(28)15-25-24(30)17-6-5-7-19(14-17)27(31)32)23(29)26-18-10-12-21(13-11-18)34-20-8-3-2-4-9-20/h2-14,16H,15H2,1H3,(H,25,30)(H,26,29). The molecule has 0 bridgehead atoms. The molecular weight excluding hydrogens is 442 g/mol. The number of carbonyl (C=O) groups is 3. The third kappa shape index (κ3) is 6.89. The molecule has 34 heavy (non-hydrogen) atoms. The van der Waals surface area contributed by atoms with Crippen molar-refractivity contribution in [3.8, 4) is 11.5 Å². The van der Waals surface area contributed by atoms with E-state index in [0.29, 0.717) is 17.2 Å². The first-order valence-corrected chi connectivity index (χ1v) is 10.2. The Morgan fingerprint density at radius 1 is 0.941 bits per heavy atom. The third-order valence-electron chi connectivity index (χ3n) is 4.49. The zero-order chi connectivity index (χ0) is 24.5. The van der Waals surface area contributed by atoms with E-state index in [0.717, 1.165) is 6.07 Å². The van der Waals surface area contributed by atoms with E-state index in [1.165, 1.54) is 25.1 Å². The van der Waals surface area contributed by atoms with Crippen LogP contribution in [0.5, 0.6) is 11.5 Å². The highest BCUT2D eigenvalue weighted by Crippen LogP contribution is 2.22. The zero-order valence-electron chi connectivity index (χ0n) is 18.1. The molecule has 3 rings (SSSR count). The molecule has 0 aliphatic heterocycles. The Labute approximate surface area is 194 Å². The lowest BCUT2D eigenvalue weighted by Crippen LogP contribution is -2.35. The second-order valence-electron chi connectivity index (χ2n) is 7.05. The second-order valence-corrected chi connectivity index (χ2v) is 7.05. The summed E-state index contributed by atoms with van der Waals surface area (Å²) in [5.41, 5.74) is 0.250. The van der Waals surface area contributed by atoms with Gasteiger partial charge in [0.2, 0.25) is 0 Å². The van der Waals surface area contributed by atoms with Crippen molar-refractivity contribution >= 4 is 29.2 Å². The number of carbonyl (C=O) groups excluding carboxylic acids is 3. The summed E-state index contributed by atoms with van der Waals surface area (Å²) in [6.45, 7) is 0.882. The van der Waals surface area contributed by atoms with Crippen LogP contribution in [0.25, 0.3) is 0 Å². The molecule has 2 amide bonds. The molecule has 1 atom stereocenters. The van der Waals surface area contributed by atoms with Crippen LogP contribution in [0, 0.1) is 10.1 Å². The molecule has 1 unspecified atom stereocenters. The van der Waals surface area contributed by atoms with Gasteiger partial charge in [0, 0.05) is 23.4 Å². The Balaban J connectivity index is 1.45. The van der Waals surface area contributed by atoms with E-state index in [1.807, 2.05) is 30.3 Å². The van der Waals surface area contributed by atoms with Crippen molar-refractivity contribution in [3.63, 3.8) is 0 Å². The van der Waals surface area contributed by atoms with Crippen LogP contribution in [-0.2, 0) is 14.3 Å². The van der Waals surface area contributed by atoms with Crippen molar-refractivity contribution in [1.29, 1.82) is 0 Å². The van der Waals surface area contributed by atoms with E-state index in [-0.39, 0.29) is 11.3 Å². The topological polar surface area (TPSA) is 137 Å². The molecule has 0 aliphatic rings. The number of hydrogen-bond donors (Lipinski definition) is 2. The Kier molecular flexibility index (Phi) is 7.90. The highest BCUT2D eigenvalue weighted by Gasteiger charge is 2.19. The van der Waals surface area contributed by atoms with Gasteiger partial charge in [0.25, 0.3) is 17.5 Å². The van der Waals surface area contributed by atoms with Gasteiger partial charge in [-0.15, -0.1) is 0 Å². The molecule has 3 aromatic carbocycles. The highest BCUT2D eigenvalue weighted by atomic mass is 16.6. The molecule has 0 fully saturated rings. The highest BCUT2D eigenvalue weighted by molar-refractivity contribution is 5.97. The molecule has 3 aromatic rings. The van der Waals surface area contributed by atoms with Crippen LogP contribution >= 0.6 is 0 Å². The van der Waals surface area contributed by atoms with E-state index in [4.69, 9.17) is 9.47 Å². The van der Waals surface area contributed by atoms with Crippen molar-refractivity contribution < 1.29 is 28.8 Å². The summed E-state index contributed by atoms with van der Waals surface area (Å²) in [7, 11) is 0. The molecule has 0 aliphatic carbocycles. The van der Waals surface area contributed by atoms with Crippen LogP contribution in [-0.4, -0.2) is 35.4 Å². The number of hydrogen-bond acceptors (Lipinski definition) is 7. The Morgan fingerprint density at radius 3 is 2.29 bits per heavy atom. The van der Waals surface area contributed by atoms with E-state index in [1.54, 1.807) is 24.3 Å². The molecule has 174 valence electrons. The summed E-state index contributed by atoms with van der Waals surface area (Å²) < 4.78 is 10.7. The number of non-ortho nitro benzene ring substituents is 1. The van der Waals surface area contributed by atoms with Gasteiger partial charge in [-0.3, -0.25) is 24.5 Å². The van der Waals surface area contributed by atoms with Crippen molar-refractivity contribution in [2.24, 2.45) is 0 Å². The number of ether oxygens (including phenoxy) is 2. The Morgan fingerprint density at radius 2 is 1.62 bits per heavy atom. The predicted molar refractivity (Wildman–Crippen MR) is 123 cm³/mol. The monoisotopic (exact) mass is 463 g/mol. The number of esters is 1. The minimum absolute atomic E-state index is 0.0208. The fourth-order valence-corrected chi connectivity index (χ4v) is 2.78. The fraction of sp³-hybridized carbons (Fsp3) is 0.125. The van der Waals surface area contributed by atoms with E-state index in [2.05, 4.69) is 10.6 Å². The number of amides is 2. The van der Waals surface area contributed by atoms with Crippen LogP contribution in [0.1, 0.15) is 17.3 Å². The summed E-state index contributed by atoms with van der Waals surface area (Å²) in [4.78, 5) is 46.6. The van der Waals surface area contributed by atoms with Crippen molar-refractivity contribution in [2.45, 2.75) is 13.0 Å². The average molecular weight is 463 g/mol. The smallest absolute Gasteiger partial charge is 0.326 e. The van der Waals surface area contributed by atoms with Gasteiger partial charge in [0.1, 0.15) is 18.0 Å². The molecule has 0 radical (unpaired) electrons. The van der Waals surface area contributed by atoms with Crippen molar-refractivity contribution in [1.82, 2.24) is 5.32 Å². The Hall–Kier alpha value is -4.73. The number of rotatable bonds is 9. The van der Waals surface area contributed by atoms with Crippen LogP contribution in [0.2, 0.25) is 0 Å². The van der Waals surface area contributed by atoms with Gasteiger partial charge in [-0.05, 0) is 49.4 Å². The van der Waals surface area contributed by atoms with Crippen LogP contribution < -0.4 is 15.4 Å². The van der Waals surface area contributed by atoms with Crippen molar-refractivity contribution in [3.05, 3.63) is 94.5 Å². The SMILES string of the molecule is CC(OC(=O)CNC(=O)c1cccc([N+](=O)[O-])c1)C(=O)Nc1ccc(Oc2ccccc2)cc1. The molecule has 0 spiro atoms. The van der Waals surface area contributed by atoms with Gasteiger partial charge in [0.15, 0.2) is 6.10 Å². The van der Waals surface area contributed by atoms with Gasteiger partial charge in [-0.25, -0.2) is 0 Å². The van der Waals surface area contributed by atoms with Crippen LogP contribution in [0.3, 0.4) is 0 Å². The molecule has 0 heterocycles. The maximum absolute atomic E-state index is 12.3. The number of nitrogens with one attached hydrogen (secondary N) is 2. The fourth-order valence-electron chi connectivity index (χ4n) is 2.78. The molecule has 0 saturated carbocycles. The molecule has 10 heteroatoms. The lowest BCUT2D eigenvalue weighted by Gasteiger charge is -2.14. The van der Waals surface area contributed by atoms with Crippen LogP contribution in [0.15, 0.2) is 78.9 Å². The van der Waals surface area contributed by atoms with E-state index < -0.39 is 35.4 Å². The summed E-state index contributed by atoms with van der Waals surface area (Å²) >= 11 is 0. The minimum Gasteiger partial charge on any atom is -0.457 e. The van der Waals surface area contributed by atoms with Crippen LogP contribution in [0.4, 0.5) is 11.4 Å². The second kappa shape index (κ2) is 11.2. The first kappa shape index (κ1) is 23.9. The van der Waals surface area contributed by atoms with E-state index >= 15 is 0 Å². The first-order chi connectivity index (χ1) is 16.3. The first-order valence-electron chi connectivity index (χ1n) is 10.2. The summed E-state index contributed by atoms with van der Waals surface area (Å²) in [5, 5.41) is 15.7. The average Bonchev–Trinajstić information content (AvgIpc) is 2.84. The van der Waals surface area contributed by atoms with Gasteiger partial charge in [0.05, 0.1) is 4.92 Å². The largest absolute Gasteiger partial charge is 0.457 e. The number of nitro benzene ring substituents is 1. The lowest BCUT2D eigenvalue weighted by atomic mass is 10.2. The van der Waals surface area contributed by atoms with Gasteiger partial charge in [-0.1, -0.05) is 24.3 Å². The van der Waals surface area contributed by atoms with Gasteiger partial charge in [-0.2, -0.15) is 0 Å². The van der Waals surface area contributed by atoms with E-state index in [9.17, 15) is 24.5 Å².